The molecular weight excluding hydrogens is 214 g/mol. The molecule has 100 valence electrons. The van der Waals surface area contributed by atoms with Gasteiger partial charge >= 0.3 is 6.03 Å². The number of hydrogen-bond donors (Lipinski definition) is 1. The SMILES string of the molecule is CN(CC1(N(C)C)CCC1)C(=O)NC(C)(C)C. The third kappa shape index (κ3) is 3.60. The van der Waals surface area contributed by atoms with Gasteiger partial charge in [-0.3, -0.25) is 0 Å². The van der Waals surface area contributed by atoms with Gasteiger partial charge in [0.15, 0.2) is 0 Å². The molecule has 1 rings (SSSR count). The molecule has 1 aliphatic rings. The van der Waals surface area contributed by atoms with Crippen molar-refractivity contribution in [3.63, 3.8) is 0 Å². The predicted molar refractivity (Wildman–Crippen MR) is 71.2 cm³/mol. The molecule has 0 aromatic rings. The second kappa shape index (κ2) is 4.84. The maximum absolute atomic E-state index is 12.0. The number of nitrogens with zero attached hydrogens (tertiary/aromatic N) is 2. The summed E-state index contributed by atoms with van der Waals surface area (Å²) < 4.78 is 0. The Morgan fingerprint density at radius 1 is 1.24 bits per heavy atom. The summed E-state index contributed by atoms with van der Waals surface area (Å²) in [6.07, 6.45) is 3.65. The minimum absolute atomic E-state index is 0.0191. The van der Waals surface area contributed by atoms with Crippen molar-refractivity contribution < 1.29 is 4.79 Å². The Balaban J connectivity index is 2.53. The summed E-state index contributed by atoms with van der Waals surface area (Å²) in [6.45, 7) is 6.82. The smallest absolute Gasteiger partial charge is 0.317 e. The van der Waals surface area contributed by atoms with Crippen molar-refractivity contribution in [1.82, 2.24) is 15.1 Å². The second-order valence-electron chi connectivity index (χ2n) is 6.51. The minimum Gasteiger partial charge on any atom is -0.333 e. The van der Waals surface area contributed by atoms with Crippen LogP contribution in [-0.2, 0) is 0 Å². The van der Waals surface area contributed by atoms with E-state index in [0.29, 0.717) is 0 Å². The van der Waals surface area contributed by atoms with Crippen molar-refractivity contribution in [3.05, 3.63) is 0 Å². The zero-order valence-corrected chi connectivity index (χ0v) is 12.1. The molecule has 4 heteroatoms. The predicted octanol–water partition coefficient (Wildman–Crippen LogP) is 1.91. The van der Waals surface area contributed by atoms with Crippen molar-refractivity contribution in [1.29, 1.82) is 0 Å². The van der Waals surface area contributed by atoms with E-state index in [0.717, 1.165) is 6.54 Å². The van der Waals surface area contributed by atoms with Crippen molar-refractivity contribution >= 4 is 6.03 Å². The van der Waals surface area contributed by atoms with E-state index < -0.39 is 0 Å². The highest BCUT2D eigenvalue weighted by atomic mass is 16.2. The van der Waals surface area contributed by atoms with Crippen molar-refractivity contribution in [2.24, 2.45) is 0 Å². The van der Waals surface area contributed by atoms with Gasteiger partial charge in [0.2, 0.25) is 0 Å². The van der Waals surface area contributed by atoms with Gasteiger partial charge < -0.3 is 15.1 Å². The van der Waals surface area contributed by atoms with Gasteiger partial charge in [0.1, 0.15) is 0 Å². The van der Waals surface area contributed by atoms with Gasteiger partial charge in [0.25, 0.3) is 0 Å². The molecule has 1 saturated carbocycles. The molecule has 0 atom stereocenters. The van der Waals surface area contributed by atoms with E-state index in [4.69, 9.17) is 0 Å². The molecule has 2 amide bonds. The van der Waals surface area contributed by atoms with Crippen LogP contribution in [0.25, 0.3) is 0 Å². The zero-order valence-electron chi connectivity index (χ0n) is 12.1. The van der Waals surface area contributed by atoms with Crippen LogP contribution in [-0.4, -0.2) is 54.6 Å². The van der Waals surface area contributed by atoms with Gasteiger partial charge in [-0.1, -0.05) is 0 Å². The Morgan fingerprint density at radius 3 is 2.06 bits per heavy atom. The van der Waals surface area contributed by atoms with Crippen LogP contribution in [0.3, 0.4) is 0 Å². The van der Waals surface area contributed by atoms with Crippen LogP contribution in [0.4, 0.5) is 4.79 Å². The lowest BCUT2D eigenvalue weighted by Crippen LogP contribution is -2.59. The first-order chi connectivity index (χ1) is 7.66. The van der Waals surface area contributed by atoms with Crippen LogP contribution in [0.2, 0.25) is 0 Å². The fourth-order valence-electron chi connectivity index (χ4n) is 2.26. The van der Waals surface area contributed by atoms with Crippen molar-refractivity contribution in [2.45, 2.75) is 51.1 Å². The summed E-state index contributed by atoms with van der Waals surface area (Å²) in [5.41, 5.74) is 0.0280. The average molecular weight is 241 g/mol. The molecule has 0 radical (unpaired) electrons. The van der Waals surface area contributed by atoms with E-state index >= 15 is 0 Å². The molecule has 1 aliphatic carbocycles. The lowest BCUT2D eigenvalue weighted by atomic mass is 9.75. The molecule has 0 saturated heterocycles. The van der Waals surface area contributed by atoms with Crippen molar-refractivity contribution in [2.75, 3.05) is 27.7 Å². The number of carbonyl (C=O) groups excluding carboxylic acids is 1. The normalized spacial score (nSPS) is 18.8. The summed E-state index contributed by atoms with van der Waals surface area (Å²) >= 11 is 0. The van der Waals surface area contributed by atoms with E-state index in [2.05, 4.69) is 24.3 Å². The summed E-state index contributed by atoms with van der Waals surface area (Å²) in [6, 6.07) is 0.0191. The molecule has 0 heterocycles. The van der Waals surface area contributed by atoms with Gasteiger partial charge in [-0.25, -0.2) is 4.79 Å². The first-order valence-corrected chi connectivity index (χ1v) is 6.37. The first kappa shape index (κ1) is 14.3. The van der Waals surface area contributed by atoms with Gasteiger partial charge in [-0.05, 0) is 54.1 Å². The third-order valence-electron chi connectivity index (χ3n) is 3.59. The first-order valence-electron chi connectivity index (χ1n) is 6.37. The van der Waals surface area contributed by atoms with Crippen LogP contribution >= 0.6 is 0 Å². The van der Waals surface area contributed by atoms with Gasteiger partial charge in [0, 0.05) is 24.7 Å². The van der Waals surface area contributed by atoms with Crippen LogP contribution < -0.4 is 5.32 Å². The summed E-state index contributed by atoms with van der Waals surface area (Å²) in [5.74, 6) is 0. The number of amides is 2. The second-order valence-corrected chi connectivity index (χ2v) is 6.51. The highest BCUT2D eigenvalue weighted by molar-refractivity contribution is 5.74. The average Bonchev–Trinajstić information content (AvgIpc) is 2.07. The minimum atomic E-state index is -0.170. The van der Waals surface area contributed by atoms with E-state index in [1.54, 1.807) is 0 Å². The number of carbonyl (C=O) groups is 1. The van der Waals surface area contributed by atoms with E-state index in [1.165, 1.54) is 19.3 Å². The summed E-state index contributed by atoms with van der Waals surface area (Å²) in [4.78, 5) is 16.1. The lowest BCUT2D eigenvalue weighted by Gasteiger charge is -2.49. The molecule has 17 heavy (non-hydrogen) atoms. The standard InChI is InChI=1S/C13H27N3O/c1-12(2,3)14-11(17)16(6)10-13(15(4)5)8-7-9-13/h7-10H2,1-6H3,(H,14,17). The maximum Gasteiger partial charge on any atom is 0.317 e. The summed E-state index contributed by atoms with van der Waals surface area (Å²) in [7, 11) is 6.09. The molecule has 4 nitrogen and oxygen atoms in total. The molecule has 0 spiro atoms. The monoisotopic (exact) mass is 241 g/mol. The van der Waals surface area contributed by atoms with E-state index in [-0.39, 0.29) is 17.1 Å². The van der Waals surface area contributed by atoms with Crippen LogP contribution in [0.1, 0.15) is 40.0 Å². The van der Waals surface area contributed by atoms with E-state index in [1.807, 2.05) is 32.7 Å². The molecular formula is C13H27N3O. The molecule has 0 bridgehead atoms. The van der Waals surface area contributed by atoms with Crippen LogP contribution in [0.5, 0.6) is 0 Å². The largest absolute Gasteiger partial charge is 0.333 e. The number of urea groups is 1. The van der Waals surface area contributed by atoms with Gasteiger partial charge in [0.05, 0.1) is 0 Å². The number of likely N-dealkylation sites (N-methyl/N-ethyl adjacent to an activating group) is 2. The van der Waals surface area contributed by atoms with Gasteiger partial charge in [-0.2, -0.15) is 0 Å². The molecule has 0 aromatic heterocycles. The Bertz CT molecular complexity index is 277. The number of nitrogens with one attached hydrogen (secondary N) is 1. The fourth-order valence-corrected chi connectivity index (χ4v) is 2.26. The van der Waals surface area contributed by atoms with Crippen LogP contribution in [0, 0.1) is 0 Å². The molecule has 0 unspecified atom stereocenters. The number of rotatable bonds is 3. The Labute approximate surface area is 105 Å². The lowest BCUT2D eigenvalue weighted by molar-refractivity contribution is 0.0357. The maximum atomic E-state index is 12.0. The Kier molecular flexibility index (Phi) is 4.07. The highest BCUT2D eigenvalue weighted by Gasteiger charge is 2.40. The van der Waals surface area contributed by atoms with Crippen molar-refractivity contribution in [3.8, 4) is 0 Å². The Morgan fingerprint density at radius 2 is 1.76 bits per heavy atom. The van der Waals surface area contributed by atoms with Crippen LogP contribution in [0.15, 0.2) is 0 Å². The Hall–Kier alpha value is -0.770. The molecule has 1 fully saturated rings. The third-order valence-corrected chi connectivity index (χ3v) is 3.59. The summed E-state index contributed by atoms with van der Waals surface area (Å²) in [5, 5.41) is 3.00. The highest BCUT2D eigenvalue weighted by Crippen LogP contribution is 2.36. The quantitative estimate of drug-likeness (QED) is 0.819. The molecule has 0 aliphatic heterocycles. The number of hydrogen-bond acceptors (Lipinski definition) is 2. The topological polar surface area (TPSA) is 35.6 Å². The molecule has 1 N–H and O–H groups in total. The molecule has 0 aromatic carbocycles. The van der Waals surface area contributed by atoms with Gasteiger partial charge in [-0.15, -0.1) is 0 Å². The van der Waals surface area contributed by atoms with E-state index in [9.17, 15) is 4.79 Å². The zero-order chi connectivity index (χ0) is 13.3. The fraction of sp³-hybridized carbons (Fsp3) is 0.923.